The van der Waals surface area contributed by atoms with E-state index in [1.54, 1.807) is 21.9 Å². The molecule has 0 spiro atoms. The summed E-state index contributed by atoms with van der Waals surface area (Å²) in [5, 5.41) is 3.20. The number of carbonyl (C=O) groups excluding carboxylic acids is 1. The van der Waals surface area contributed by atoms with Gasteiger partial charge in [-0.2, -0.15) is 17.5 Å². The summed E-state index contributed by atoms with van der Waals surface area (Å²) >= 11 is 5.81. The molecule has 6 rings (SSSR count). The number of carbonyl (C=O) groups is 1. The van der Waals surface area contributed by atoms with Crippen molar-refractivity contribution < 1.29 is 26.4 Å². The van der Waals surface area contributed by atoms with Crippen LogP contribution in [-0.4, -0.2) is 92.5 Å². The van der Waals surface area contributed by atoms with Crippen LogP contribution in [0.4, 0.5) is 24.7 Å². The van der Waals surface area contributed by atoms with Crippen LogP contribution in [0.1, 0.15) is 18.4 Å². The maximum absolute atomic E-state index is 13.3. The number of fused-ring (bicyclic) bond motifs is 2. The Labute approximate surface area is 229 Å². The van der Waals surface area contributed by atoms with Gasteiger partial charge in [0.05, 0.1) is 10.5 Å². The number of halogens is 4. The molecule has 2 bridgehead atoms. The minimum absolute atomic E-state index is 0.0331. The van der Waals surface area contributed by atoms with E-state index in [-0.39, 0.29) is 54.0 Å². The minimum Gasteiger partial charge on any atom is -0.354 e. The molecular formula is C25H28ClF3N6O3S. The summed E-state index contributed by atoms with van der Waals surface area (Å²) in [6, 6.07) is 9.16. The van der Waals surface area contributed by atoms with E-state index in [1.165, 1.54) is 16.4 Å². The fourth-order valence-electron chi connectivity index (χ4n) is 6.11. The molecule has 3 atom stereocenters. The molecule has 4 aliphatic heterocycles. The molecule has 2 aromatic rings. The summed E-state index contributed by atoms with van der Waals surface area (Å²) in [6.07, 6.45) is -2.99. The van der Waals surface area contributed by atoms with Gasteiger partial charge in [0.25, 0.3) is 0 Å². The van der Waals surface area contributed by atoms with Gasteiger partial charge in [0.1, 0.15) is 11.0 Å². The van der Waals surface area contributed by atoms with E-state index in [4.69, 9.17) is 11.6 Å². The van der Waals surface area contributed by atoms with Gasteiger partial charge in [-0.25, -0.2) is 13.4 Å². The lowest BCUT2D eigenvalue weighted by atomic mass is 10.2. The van der Waals surface area contributed by atoms with Crippen LogP contribution in [0.2, 0.25) is 5.15 Å². The SMILES string of the molecule is O=C1CC(N2C[C@@H]3C[C@H]2CN3)CN1c1ccc(S(=O)(=O)N2CCN(c3cc(C(F)(F)F)cc(Cl)n3)CC2)cc1. The van der Waals surface area contributed by atoms with E-state index < -0.39 is 21.8 Å². The maximum Gasteiger partial charge on any atom is 0.416 e. The number of piperazine rings is 2. The molecule has 9 nitrogen and oxygen atoms in total. The van der Waals surface area contributed by atoms with Crippen molar-refractivity contribution in [1.29, 1.82) is 0 Å². The Hall–Kier alpha value is -2.45. The average Bonchev–Trinajstić information content (AvgIpc) is 3.64. The third-order valence-corrected chi connectivity index (χ3v) is 10.2. The highest BCUT2D eigenvalue weighted by molar-refractivity contribution is 7.89. The topological polar surface area (TPSA) is 89.1 Å². The summed E-state index contributed by atoms with van der Waals surface area (Å²) in [7, 11) is -3.83. The standard InChI is InChI=1S/C25H28ClF3N6O3S/c26-22-9-16(25(27,28)29)10-23(31-22)32-5-7-33(8-6-32)39(37,38)21-3-1-18(2-4-21)35-15-20(12-24(35)36)34-14-17-11-19(34)13-30-17/h1-4,9-10,17,19-20,30H,5-8,11-15H2/t17-,19-,20?/m0/s1. The Kier molecular flexibility index (Phi) is 6.78. The number of nitrogens with zero attached hydrogens (tertiary/aromatic N) is 5. The van der Waals surface area contributed by atoms with E-state index in [2.05, 4.69) is 15.2 Å². The maximum atomic E-state index is 13.3. The normalized spacial score (nSPS) is 26.7. The fraction of sp³-hybridized carbons (Fsp3) is 0.520. The van der Waals surface area contributed by atoms with Gasteiger partial charge < -0.3 is 15.1 Å². The van der Waals surface area contributed by atoms with Crippen LogP contribution in [-0.2, 0) is 21.0 Å². The fourth-order valence-corrected chi connectivity index (χ4v) is 7.74. The molecule has 210 valence electrons. The van der Waals surface area contributed by atoms with E-state index in [0.717, 1.165) is 31.6 Å². The van der Waals surface area contributed by atoms with Crippen molar-refractivity contribution >= 4 is 39.0 Å². The second kappa shape index (κ2) is 9.88. The highest BCUT2D eigenvalue weighted by atomic mass is 35.5. The predicted molar refractivity (Wildman–Crippen MR) is 139 cm³/mol. The first-order chi connectivity index (χ1) is 18.5. The molecule has 4 saturated heterocycles. The number of rotatable bonds is 5. The van der Waals surface area contributed by atoms with E-state index in [1.807, 2.05) is 0 Å². The van der Waals surface area contributed by atoms with Crippen molar-refractivity contribution in [2.75, 3.05) is 55.6 Å². The lowest BCUT2D eigenvalue weighted by Gasteiger charge is -2.35. The van der Waals surface area contributed by atoms with E-state index in [9.17, 15) is 26.4 Å². The molecule has 5 heterocycles. The number of anilines is 2. The summed E-state index contributed by atoms with van der Waals surface area (Å²) in [6.45, 7) is 3.00. The van der Waals surface area contributed by atoms with Crippen LogP contribution in [0.3, 0.4) is 0 Å². The number of pyridine rings is 1. The quantitative estimate of drug-likeness (QED) is 0.540. The van der Waals surface area contributed by atoms with Gasteiger partial charge in [-0.05, 0) is 42.8 Å². The van der Waals surface area contributed by atoms with Crippen LogP contribution >= 0.6 is 11.6 Å². The predicted octanol–water partition coefficient (Wildman–Crippen LogP) is 2.42. The van der Waals surface area contributed by atoms with Crippen molar-refractivity contribution in [2.45, 2.75) is 42.0 Å². The number of aromatic nitrogens is 1. The molecule has 1 amide bonds. The largest absolute Gasteiger partial charge is 0.416 e. The number of nitrogens with one attached hydrogen (secondary N) is 1. The number of hydrogen-bond donors (Lipinski definition) is 1. The van der Waals surface area contributed by atoms with Gasteiger partial charge in [0.15, 0.2) is 0 Å². The second-order valence-electron chi connectivity index (χ2n) is 10.5. The number of amides is 1. The monoisotopic (exact) mass is 584 g/mol. The molecule has 4 fully saturated rings. The van der Waals surface area contributed by atoms with Gasteiger partial charge in [-0.15, -0.1) is 0 Å². The highest BCUT2D eigenvalue weighted by Gasteiger charge is 2.45. The van der Waals surface area contributed by atoms with Crippen LogP contribution < -0.4 is 15.1 Å². The Morgan fingerprint density at radius 2 is 1.72 bits per heavy atom. The second-order valence-corrected chi connectivity index (χ2v) is 12.8. The number of benzene rings is 1. The summed E-state index contributed by atoms with van der Waals surface area (Å²) in [5.41, 5.74) is -0.235. The molecule has 39 heavy (non-hydrogen) atoms. The van der Waals surface area contributed by atoms with Crippen LogP contribution in [0, 0.1) is 0 Å². The molecule has 1 N–H and O–H groups in total. The van der Waals surface area contributed by atoms with Gasteiger partial charge in [0, 0.05) is 76.0 Å². The van der Waals surface area contributed by atoms with Gasteiger partial charge in [-0.1, -0.05) is 11.6 Å². The van der Waals surface area contributed by atoms with Gasteiger partial charge in [0.2, 0.25) is 15.9 Å². The number of sulfonamides is 1. The van der Waals surface area contributed by atoms with Gasteiger partial charge in [-0.3, -0.25) is 9.69 Å². The Morgan fingerprint density at radius 1 is 1.00 bits per heavy atom. The van der Waals surface area contributed by atoms with Crippen molar-refractivity contribution in [3.8, 4) is 0 Å². The van der Waals surface area contributed by atoms with Crippen LogP contribution in [0.5, 0.6) is 0 Å². The molecule has 0 saturated carbocycles. The molecule has 1 aromatic carbocycles. The molecule has 14 heteroatoms. The number of hydrogen-bond acceptors (Lipinski definition) is 7. The highest BCUT2D eigenvalue weighted by Crippen LogP contribution is 2.34. The molecule has 1 aromatic heterocycles. The lowest BCUT2D eigenvalue weighted by molar-refractivity contribution is -0.137. The minimum atomic E-state index is -4.56. The van der Waals surface area contributed by atoms with Crippen molar-refractivity contribution in [3.63, 3.8) is 0 Å². The first-order valence-electron chi connectivity index (χ1n) is 12.9. The molecule has 0 radical (unpaired) electrons. The summed E-state index contributed by atoms with van der Waals surface area (Å²) < 4.78 is 67.4. The zero-order valence-electron chi connectivity index (χ0n) is 20.9. The van der Waals surface area contributed by atoms with Gasteiger partial charge >= 0.3 is 6.18 Å². The Bertz CT molecular complexity index is 1370. The Balaban J connectivity index is 1.10. The number of likely N-dealkylation sites (tertiary alicyclic amines) is 1. The molecular weight excluding hydrogens is 557 g/mol. The van der Waals surface area contributed by atoms with Crippen LogP contribution in [0.25, 0.3) is 0 Å². The van der Waals surface area contributed by atoms with E-state index >= 15 is 0 Å². The zero-order valence-corrected chi connectivity index (χ0v) is 22.5. The molecule has 1 unspecified atom stereocenters. The summed E-state index contributed by atoms with van der Waals surface area (Å²) in [5.74, 6) is 0.0913. The third kappa shape index (κ3) is 5.10. The van der Waals surface area contributed by atoms with Crippen LogP contribution in [0.15, 0.2) is 41.3 Å². The summed E-state index contributed by atoms with van der Waals surface area (Å²) in [4.78, 5) is 22.6. The van der Waals surface area contributed by atoms with Crippen molar-refractivity contribution in [1.82, 2.24) is 19.5 Å². The molecule has 4 aliphatic rings. The Morgan fingerprint density at radius 3 is 2.33 bits per heavy atom. The third-order valence-electron chi connectivity index (χ3n) is 8.13. The van der Waals surface area contributed by atoms with Crippen molar-refractivity contribution in [2.24, 2.45) is 0 Å². The lowest BCUT2D eigenvalue weighted by Crippen LogP contribution is -2.49. The first-order valence-corrected chi connectivity index (χ1v) is 14.7. The average molecular weight is 585 g/mol. The smallest absolute Gasteiger partial charge is 0.354 e. The number of alkyl halides is 3. The zero-order chi connectivity index (χ0) is 27.5. The molecule has 0 aliphatic carbocycles. The van der Waals surface area contributed by atoms with E-state index in [0.29, 0.717) is 30.7 Å². The first kappa shape index (κ1) is 26.8. The van der Waals surface area contributed by atoms with Crippen molar-refractivity contribution in [3.05, 3.63) is 47.1 Å².